The van der Waals surface area contributed by atoms with Crippen molar-refractivity contribution >= 4 is 27.7 Å². The summed E-state index contributed by atoms with van der Waals surface area (Å²) in [7, 11) is 0. The summed E-state index contributed by atoms with van der Waals surface area (Å²) in [5.74, 6) is 2.18. The molecule has 2 rings (SSSR count). The van der Waals surface area contributed by atoms with E-state index in [1.165, 1.54) is 17.6 Å². The molecule has 1 aromatic carbocycles. The summed E-state index contributed by atoms with van der Waals surface area (Å²) in [6, 6.07) is 5.83. The minimum atomic E-state index is -0.170. The summed E-state index contributed by atoms with van der Waals surface area (Å²) in [5.41, 5.74) is 1.04. The van der Waals surface area contributed by atoms with Gasteiger partial charge in [0.05, 0.1) is 4.47 Å². The molecule has 1 aliphatic rings. The normalized spacial score (nSPS) is 22.3. The van der Waals surface area contributed by atoms with Gasteiger partial charge in [-0.2, -0.15) is 11.8 Å². The third-order valence-electron chi connectivity index (χ3n) is 2.91. The van der Waals surface area contributed by atoms with Crippen LogP contribution in [-0.2, 0) is 6.54 Å². The lowest BCUT2D eigenvalue weighted by atomic mass is 10.2. The molecule has 1 unspecified atom stereocenters. The van der Waals surface area contributed by atoms with E-state index in [9.17, 15) is 4.39 Å². The Labute approximate surface area is 109 Å². The lowest BCUT2D eigenvalue weighted by Crippen LogP contribution is -2.39. The Kier molecular flexibility index (Phi) is 4.27. The third-order valence-corrected chi connectivity index (χ3v) is 4.99. The van der Waals surface area contributed by atoms with Crippen molar-refractivity contribution in [3.8, 4) is 0 Å². The number of benzene rings is 1. The van der Waals surface area contributed by atoms with Gasteiger partial charge in [-0.15, -0.1) is 0 Å². The first-order valence-corrected chi connectivity index (χ1v) is 7.38. The van der Waals surface area contributed by atoms with Crippen LogP contribution in [-0.4, -0.2) is 29.0 Å². The first-order valence-electron chi connectivity index (χ1n) is 5.43. The lowest BCUT2D eigenvalue weighted by Gasteiger charge is -2.33. The van der Waals surface area contributed by atoms with E-state index < -0.39 is 0 Å². The van der Waals surface area contributed by atoms with E-state index in [1.54, 1.807) is 6.07 Å². The van der Waals surface area contributed by atoms with Crippen molar-refractivity contribution < 1.29 is 4.39 Å². The highest BCUT2D eigenvalue weighted by Crippen LogP contribution is 2.24. The van der Waals surface area contributed by atoms with Gasteiger partial charge in [-0.25, -0.2) is 4.39 Å². The number of thioether (sulfide) groups is 1. The van der Waals surface area contributed by atoms with Crippen LogP contribution in [0.4, 0.5) is 4.39 Å². The van der Waals surface area contributed by atoms with Gasteiger partial charge in [0.25, 0.3) is 0 Å². The molecule has 0 aromatic heterocycles. The standard InChI is InChI=1S/C12H15BrFNS/c1-9-8-16-6-5-15(9)7-10-3-2-4-11(14)12(10)13/h2-4,9H,5-8H2,1H3. The van der Waals surface area contributed by atoms with E-state index in [0.29, 0.717) is 10.5 Å². The zero-order chi connectivity index (χ0) is 11.5. The van der Waals surface area contributed by atoms with E-state index in [2.05, 4.69) is 27.8 Å². The van der Waals surface area contributed by atoms with Crippen LogP contribution in [0.5, 0.6) is 0 Å². The zero-order valence-corrected chi connectivity index (χ0v) is 11.7. The van der Waals surface area contributed by atoms with Crippen LogP contribution in [0.15, 0.2) is 22.7 Å². The molecule has 1 saturated heterocycles. The number of halogens is 2. The zero-order valence-electron chi connectivity index (χ0n) is 9.25. The van der Waals surface area contributed by atoms with Crippen LogP contribution < -0.4 is 0 Å². The van der Waals surface area contributed by atoms with Gasteiger partial charge in [0, 0.05) is 30.6 Å². The summed E-state index contributed by atoms with van der Waals surface area (Å²) in [4.78, 5) is 2.41. The Morgan fingerprint density at radius 1 is 1.56 bits per heavy atom. The van der Waals surface area contributed by atoms with Crippen molar-refractivity contribution in [1.82, 2.24) is 4.90 Å². The van der Waals surface area contributed by atoms with Crippen molar-refractivity contribution in [3.63, 3.8) is 0 Å². The molecule has 1 aromatic rings. The van der Waals surface area contributed by atoms with Crippen molar-refractivity contribution in [2.24, 2.45) is 0 Å². The summed E-state index contributed by atoms with van der Waals surface area (Å²) in [6.07, 6.45) is 0. The van der Waals surface area contributed by atoms with Crippen LogP contribution in [0.2, 0.25) is 0 Å². The lowest BCUT2D eigenvalue weighted by molar-refractivity contribution is 0.223. The van der Waals surface area contributed by atoms with Gasteiger partial charge in [0.1, 0.15) is 5.82 Å². The van der Waals surface area contributed by atoms with E-state index in [4.69, 9.17) is 0 Å². The maximum atomic E-state index is 13.4. The minimum Gasteiger partial charge on any atom is -0.295 e. The summed E-state index contributed by atoms with van der Waals surface area (Å²) < 4.78 is 14.0. The molecule has 1 atom stereocenters. The number of nitrogens with zero attached hydrogens (tertiary/aromatic N) is 1. The fourth-order valence-electron chi connectivity index (χ4n) is 1.89. The maximum absolute atomic E-state index is 13.4. The van der Waals surface area contributed by atoms with E-state index in [1.807, 2.05) is 17.8 Å². The van der Waals surface area contributed by atoms with Gasteiger partial charge >= 0.3 is 0 Å². The summed E-state index contributed by atoms with van der Waals surface area (Å²) in [5, 5.41) is 0. The second-order valence-corrected chi connectivity index (χ2v) is 6.05. The van der Waals surface area contributed by atoms with Crippen LogP contribution >= 0.6 is 27.7 Å². The van der Waals surface area contributed by atoms with Gasteiger partial charge in [0.2, 0.25) is 0 Å². The fraction of sp³-hybridized carbons (Fsp3) is 0.500. The van der Waals surface area contributed by atoms with E-state index in [0.717, 1.165) is 18.7 Å². The average Bonchev–Trinajstić information content (AvgIpc) is 2.28. The topological polar surface area (TPSA) is 3.24 Å². The molecular formula is C12H15BrFNS. The van der Waals surface area contributed by atoms with Gasteiger partial charge in [-0.3, -0.25) is 4.90 Å². The average molecular weight is 304 g/mol. The molecule has 0 saturated carbocycles. The molecule has 16 heavy (non-hydrogen) atoms. The van der Waals surface area contributed by atoms with E-state index >= 15 is 0 Å². The van der Waals surface area contributed by atoms with Crippen molar-refractivity contribution in [1.29, 1.82) is 0 Å². The van der Waals surface area contributed by atoms with Gasteiger partial charge in [0.15, 0.2) is 0 Å². The van der Waals surface area contributed by atoms with Crippen LogP contribution in [0.25, 0.3) is 0 Å². The fourth-order valence-corrected chi connectivity index (χ4v) is 3.36. The number of rotatable bonds is 2. The number of hydrogen-bond acceptors (Lipinski definition) is 2. The Balaban J connectivity index is 2.10. The van der Waals surface area contributed by atoms with Crippen LogP contribution in [0, 0.1) is 5.82 Å². The molecule has 4 heteroatoms. The Hall–Kier alpha value is -0.0600. The van der Waals surface area contributed by atoms with Crippen LogP contribution in [0.1, 0.15) is 12.5 Å². The van der Waals surface area contributed by atoms with Crippen molar-refractivity contribution in [2.45, 2.75) is 19.5 Å². The molecular weight excluding hydrogens is 289 g/mol. The Morgan fingerprint density at radius 3 is 3.12 bits per heavy atom. The molecule has 88 valence electrons. The Morgan fingerprint density at radius 2 is 2.38 bits per heavy atom. The predicted octanol–water partition coefficient (Wildman–Crippen LogP) is 3.53. The van der Waals surface area contributed by atoms with E-state index in [-0.39, 0.29) is 5.82 Å². The molecule has 0 amide bonds. The highest BCUT2D eigenvalue weighted by Gasteiger charge is 2.19. The van der Waals surface area contributed by atoms with Crippen molar-refractivity contribution in [2.75, 3.05) is 18.1 Å². The molecule has 1 aliphatic heterocycles. The highest BCUT2D eigenvalue weighted by atomic mass is 79.9. The van der Waals surface area contributed by atoms with Gasteiger partial charge < -0.3 is 0 Å². The first-order chi connectivity index (χ1) is 7.68. The molecule has 1 heterocycles. The van der Waals surface area contributed by atoms with Gasteiger partial charge in [-0.1, -0.05) is 12.1 Å². The van der Waals surface area contributed by atoms with Gasteiger partial charge in [-0.05, 0) is 34.5 Å². The molecule has 1 nitrogen and oxygen atoms in total. The molecule has 0 spiro atoms. The largest absolute Gasteiger partial charge is 0.295 e. The highest BCUT2D eigenvalue weighted by molar-refractivity contribution is 9.10. The summed E-state index contributed by atoms with van der Waals surface area (Å²) >= 11 is 5.32. The maximum Gasteiger partial charge on any atom is 0.137 e. The quantitative estimate of drug-likeness (QED) is 0.822. The predicted molar refractivity (Wildman–Crippen MR) is 71.3 cm³/mol. The Bertz CT molecular complexity index is 372. The first kappa shape index (κ1) is 12.4. The molecule has 1 fully saturated rings. The smallest absolute Gasteiger partial charge is 0.137 e. The van der Waals surface area contributed by atoms with Crippen molar-refractivity contribution in [3.05, 3.63) is 34.1 Å². The molecule has 0 N–H and O–H groups in total. The third kappa shape index (κ3) is 2.79. The minimum absolute atomic E-state index is 0.170. The molecule has 0 aliphatic carbocycles. The SMILES string of the molecule is CC1CSCCN1Cc1cccc(F)c1Br. The monoisotopic (exact) mass is 303 g/mol. The number of hydrogen-bond donors (Lipinski definition) is 0. The second-order valence-electron chi connectivity index (χ2n) is 4.11. The summed E-state index contributed by atoms with van der Waals surface area (Å²) in [6.45, 7) is 4.16. The van der Waals surface area contributed by atoms with Crippen LogP contribution in [0.3, 0.4) is 0 Å². The molecule has 0 bridgehead atoms. The second kappa shape index (κ2) is 5.52. The molecule has 0 radical (unpaired) electrons.